The molecule has 0 nitrogen and oxygen atoms in total. The van der Waals surface area contributed by atoms with Crippen LogP contribution >= 0.6 is 0 Å². The van der Waals surface area contributed by atoms with Crippen LogP contribution in [0.5, 0.6) is 0 Å². The lowest BCUT2D eigenvalue weighted by Gasteiger charge is -2.57. The fraction of sp³-hybridized carbons (Fsp3) is 1.00. The molecule has 7 saturated carbocycles. The molecule has 4 bridgehead atoms. The Morgan fingerprint density at radius 1 is 0.850 bits per heavy atom. The van der Waals surface area contributed by atoms with Crippen LogP contribution in [0, 0.1) is 64.1 Å². The van der Waals surface area contributed by atoms with Crippen LogP contribution in [-0.4, -0.2) is 5.67 Å². The van der Waals surface area contributed by atoms with Gasteiger partial charge in [-0.05, 0) is 90.3 Å². The van der Waals surface area contributed by atoms with Crippen molar-refractivity contribution in [3.8, 4) is 0 Å². The minimum Gasteiger partial charge on any atom is -0.243 e. The monoisotopic (exact) mass is 272 g/mol. The normalized spacial score (nSPS) is 83.8. The van der Waals surface area contributed by atoms with Gasteiger partial charge in [0, 0.05) is 5.92 Å². The Balaban J connectivity index is 1.47. The van der Waals surface area contributed by atoms with E-state index in [1.54, 1.807) is 0 Å². The van der Waals surface area contributed by atoms with Gasteiger partial charge in [0.1, 0.15) is 5.67 Å². The van der Waals surface area contributed by atoms with Gasteiger partial charge in [0.25, 0.3) is 0 Å². The minimum absolute atomic E-state index is 0.428. The van der Waals surface area contributed by atoms with Gasteiger partial charge in [-0.1, -0.05) is 13.8 Å². The Kier molecular flexibility index (Phi) is 1.30. The zero-order valence-electron chi connectivity index (χ0n) is 12.6. The van der Waals surface area contributed by atoms with Gasteiger partial charge < -0.3 is 0 Å². The van der Waals surface area contributed by atoms with E-state index in [1.807, 2.05) is 0 Å². The second kappa shape index (κ2) is 2.44. The fourth-order valence-electron chi connectivity index (χ4n) is 9.77. The summed E-state index contributed by atoms with van der Waals surface area (Å²) in [5, 5.41) is 0. The van der Waals surface area contributed by atoms with Crippen molar-refractivity contribution >= 4 is 0 Å². The highest BCUT2D eigenvalue weighted by molar-refractivity contribution is 5.39. The van der Waals surface area contributed by atoms with Gasteiger partial charge in [-0.2, -0.15) is 0 Å². The van der Waals surface area contributed by atoms with Crippen LogP contribution in [-0.2, 0) is 0 Å². The number of hydrogen-bond acceptors (Lipinski definition) is 0. The molecule has 8 unspecified atom stereocenters. The summed E-state index contributed by atoms with van der Waals surface area (Å²) < 4.78 is 16.1. The molecule has 7 fully saturated rings. The molecule has 0 heterocycles. The summed E-state index contributed by atoms with van der Waals surface area (Å²) in [6.45, 7) is 5.01. The van der Waals surface area contributed by atoms with Crippen LogP contribution in [0.25, 0.3) is 0 Å². The Morgan fingerprint density at radius 3 is 2.45 bits per heavy atom. The van der Waals surface area contributed by atoms with E-state index in [0.29, 0.717) is 22.7 Å². The predicted octanol–water partition coefficient (Wildman–Crippen LogP) is 4.30. The third-order valence-corrected chi connectivity index (χ3v) is 10.5. The number of rotatable bonds is 0. The highest BCUT2D eigenvalue weighted by Gasteiger charge is 2.91. The lowest BCUT2D eigenvalue weighted by molar-refractivity contribution is -0.132. The van der Waals surface area contributed by atoms with Crippen molar-refractivity contribution in [3.63, 3.8) is 0 Å². The lowest BCUT2D eigenvalue weighted by atomic mass is 9.49. The van der Waals surface area contributed by atoms with E-state index in [9.17, 15) is 0 Å². The van der Waals surface area contributed by atoms with Crippen LogP contribution in [0.4, 0.5) is 4.39 Å². The molecule has 0 radical (unpaired) electrons. The first-order chi connectivity index (χ1) is 9.51. The maximum atomic E-state index is 16.1. The zero-order valence-corrected chi connectivity index (χ0v) is 12.6. The molecular formula is C19H25F. The Hall–Kier alpha value is -0.0700. The number of hydrogen-bond donors (Lipinski definition) is 0. The van der Waals surface area contributed by atoms with Gasteiger partial charge >= 0.3 is 0 Å². The van der Waals surface area contributed by atoms with Gasteiger partial charge in [-0.25, -0.2) is 4.39 Å². The highest BCUT2D eigenvalue weighted by atomic mass is 19.1. The van der Waals surface area contributed by atoms with E-state index in [4.69, 9.17) is 0 Å². The quantitative estimate of drug-likeness (QED) is 0.617. The van der Waals surface area contributed by atoms with Crippen LogP contribution in [0.3, 0.4) is 0 Å². The van der Waals surface area contributed by atoms with Crippen LogP contribution in [0.15, 0.2) is 0 Å². The second-order valence-corrected chi connectivity index (χ2v) is 10.4. The van der Waals surface area contributed by atoms with Crippen molar-refractivity contribution < 1.29 is 4.39 Å². The van der Waals surface area contributed by atoms with Crippen molar-refractivity contribution in [2.75, 3.05) is 0 Å². The molecule has 7 rings (SSSR count). The molecule has 7 aliphatic carbocycles. The van der Waals surface area contributed by atoms with Crippen molar-refractivity contribution in [2.24, 2.45) is 64.1 Å². The second-order valence-electron chi connectivity index (χ2n) is 10.4. The van der Waals surface area contributed by atoms with Gasteiger partial charge in [0.2, 0.25) is 0 Å². The van der Waals surface area contributed by atoms with Gasteiger partial charge in [0.05, 0.1) is 0 Å². The van der Waals surface area contributed by atoms with E-state index in [0.717, 1.165) is 47.8 Å². The molecule has 7 aliphatic rings. The minimum atomic E-state index is -0.720. The van der Waals surface area contributed by atoms with E-state index >= 15 is 4.39 Å². The number of alkyl halides is 1. The summed E-state index contributed by atoms with van der Waals surface area (Å²) in [6.07, 6.45) is 6.63. The summed E-state index contributed by atoms with van der Waals surface area (Å²) in [6, 6.07) is 0. The van der Waals surface area contributed by atoms with Crippen LogP contribution in [0.1, 0.15) is 46.0 Å². The Labute approximate surface area is 120 Å². The molecule has 0 aliphatic heterocycles. The smallest absolute Gasteiger partial charge is 0.118 e. The average Bonchev–Trinajstić information content (AvgIpc) is 3.06. The highest BCUT2D eigenvalue weighted by Crippen LogP contribution is 2.93. The number of halogens is 1. The van der Waals surface area contributed by atoms with Crippen molar-refractivity contribution in [1.29, 1.82) is 0 Å². The molecule has 0 aromatic rings. The zero-order chi connectivity index (χ0) is 13.2. The maximum absolute atomic E-state index is 16.1. The van der Waals surface area contributed by atoms with E-state index in [-0.39, 0.29) is 0 Å². The van der Waals surface area contributed by atoms with Crippen LogP contribution < -0.4 is 0 Å². The first-order valence-corrected chi connectivity index (χ1v) is 9.20. The molecule has 0 aromatic heterocycles. The Bertz CT molecular complexity index is 570. The molecule has 1 heteroatoms. The van der Waals surface area contributed by atoms with Crippen molar-refractivity contribution in [1.82, 2.24) is 0 Å². The predicted molar refractivity (Wildman–Crippen MR) is 74.5 cm³/mol. The van der Waals surface area contributed by atoms with E-state index in [2.05, 4.69) is 13.8 Å². The molecule has 0 aromatic carbocycles. The molecule has 0 spiro atoms. The van der Waals surface area contributed by atoms with Crippen molar-refractivity contribution in [3.05, 3.63) is 0 Å². The first-order valence-electron chi connectivity index (χ1n) is 9.20. The average molecular weight is 272 g/mol. The first kappa shape index (κ1) is 10.6. The molecular weight excluding hydrogens is 247 g/mol. The largest absolute Gasteiger partial charge is 0.243 e. The standard InChI is InChI=1S/C19H25F/c1-17-7-19(20)12-6-11-15-16(19)13(18(11,15)2)9-4-3-8(9)5-10(17)14(12)17/h8-16H,3-7H2,1-2H3/t8?,9-,10?,11?,12?,13?,14?,15?,16?,17+,18-,19-/m0/s1. The molecule has 12 atom stereocenters. The molecule has 20 heavy (non-hydrogen) atoms. The van der Waals surface area contributed by atoms with E-state index < -0.39 is 5.67 Å². The molecule has 108 valence electrons. The Morgan fingerprint density at radius 2 is 1.70 bits per heavy atom. The molecule has 0 saturated heterocycles. The summed E-state index contributed by atoms with van der Waals surface area (Å²) in [5.41, 5.74) is 0.315. The fourth-order valence-corrected chi connectivity index (χ4v) is 9.77. The van der Waals surface area contributed by atoms with Crippen molar-refractivity contribution in [2.45, 2.75) is 51.6 Å². The number of fused-ring (bicyclic) bond motifs is 5. The lowest BCUT2D eigenvalue weighted by Crippen LogP contribution is -2.56. The SMILES string of the molecule is C[C@@]12C[C@]3(F)C4CC5C6C3C([C@H]3CCC3CC1C42)[C@]56C. The van der Waals surface area contributed by atoms with Gasteiger partial charge in [0.15, 0.2) is 0 Å². The van der Waals surface area contributed by atoms with Gasteiger partial charge in [-0.3, -0.25) is 0 Å². The summed E-state index contributed by atoms with van der Waals surface area (Å²) in [5.74, 6) is 7.17. The molecule has 0 N–H and O–H groups in total. The van der Waals surface area contributed by atoms with Crippen LogP contribution in [0.2, 0.25) is 0 Å². The van der Waals surface area contributed by atoms with E-state index in [1.165, 1.54) is 25.7 Å². The maximum Gasteiger partial charge on any atom is 0.118 e. The third kappa shape index (κ3) is 0.712. The summed E-state index contributed by atoms with van der Waals surface area (Å²) in [7, 11) is 0. The third-order valence-electron chi connectivity index (χ3n) is 10.5. The molecule has 0 amide bonds. The summed E-state index contributed by atoms with van der Waals surface area (Å²) >= 11 is 0. The topological polar surface area (TPSA) is 0 Å². The van der Waals surface area contributed by atoms with Gasteiger partial charge in [-0.15, -0.1) is 0 Å². The summed E-state index contributed by atoms with van der Waals surface area (Å²) in [4.78, 5) is 0.